The lowest BCUT2D eigenvalue weighted by Crippen LogP contribution is -2.32. The van der Waals surface area contributed by atoms with Gasteiger partial charge in [0.1, 0.15) is 5.82 Å². The maximum absolute atomic E-state index is 13.1. The van der Waals surface area contributed by atoms with Crippen LogP contribution in [0.5, 0.6) is 0 Å². The number of aromatic nitrogens is 3. The van der Waals surface area contributed by atoms with Gasteiger partial charge in [-0.05, 0) is 36.2 Å². The van der Waals surface area contributed by atoms with Crippen LogP contribution in [-0.2, 0) is 16.1 Å². The molecule has 2 aromatic heterocycles. The number of nitrogens with one attached hydrogen (secondary N) is 1. The van der Waals surface area contributed by atoms with E-state index in [1.807, 2.05) is 73.7 Å². The van der Waals surface area contributed by atoms with Crippen LogP contribution in [0.1, 0.15) is 30.5 Å². The zero-order valence-corrected chi connectivity index (χ0v) is 20.7. The average Bonchev–Trinajstić information content (AvgIpc) is 3.26. The summed E-state index contributed by atoms with van der Waals surface area (Å²) >= 11 is 0. The Bertz CT molecular complexity index is 1380. The summed E-state index contributed by atoms with van der Waals surface area (Å²) in [5.41, 5.74) is 4.23. The first-order valence-corrected chi connectivity index (χ1v) is 12.1. The van der Waals surface area contributed by atoms with Crippen LogP contribution in [0, 0.1) is 18.3 Å². The van der Waals surface area contributed by atoms with Crippen LogP contribution in [0.3, 0.4) is 0 Å². The number of nitriles is 1. The summed E-state index contributed by atoms with van der Waals surface area (Å²) in [4.78, 5) is 31.8. The number of hydrogen-bond acceptors (Lipinski definition) is 5. The van der Waals surface area contributed by atoms with Crippen molar-refractivity contribution in [1.29, 1.82) is 5.26 Å². The first kappa shape index (κ1) is 25.3. The average molecular weight is 493 g/mol. The maximum Gasteiger partial charge on any atom is 0.226 e. The van der Waals surface area contributed by atoms with Gasteiger partial charge >= 0.3 is 0 Å². The zero-order valence-electron chi connectivity index (χ0n) is 20.7. The third-order valence-corrected chi connectivity index (χ3v) is 5.89. The van der Waals surface area contributed by atoms with Gasteiger partial charge in [-0.2, -0.15) is 10.4 Å². The summed E-state index contributed by atoms with van der Waals surface area (Å²) in [5.74, 6) is 0.0820. The van der Waals surface area contributed by atoms with Gasteiger partial charge in [-0.25, -0.2) is 4.68 Å². The van der Waals surface area contributed by atoms with E-state index in [4.69, 9.17) is 10.4 Å². The summed E-state index contributed by atoms with van der Waals surface area (Å²) in [7, 11) is 0. The number of anilines is 1. The molecule has 0 atom stereocenters. The SMILES string of the molecule is Cc1nn(-c2ccccc2)c(NC(=O)CCC(=O)N(CCC#N)Cc2cccnc2)c1-c1ccccc1. The number of carbonyl (C=O) groups excluding carboxylic acids is 2. The molecule has 186 valence electrons. The van der Waals surface area contributed by atoms with Crippen LogP contribution in [0.15, 0.2) is 85.2 Å². The van der Waals surface area contributed by atoms with E-state index in [9.17, 15) is 9.59 Å². The minimum Gasteiger partial charge on any atom is -0.337 e. The van der Waals surface area contributed by atoms with Crippen molar-refractivity contribution in [2.24, 2.45) is 0 Å². The van der Waals surface area contributed by atoms with Gasteiger partial charge in [0.25, 0.3) is 0 Å². The third kappa shape index (κ3) is 6.47. The Kier molecular flexibility index (Phi) is 8.40. The summed E-state index contributed by atoms with van der Waals surface area (Å²) < 4.78 is 1.72. The van der Waals surface area contributed by atoms with Crippen LogP contribution in [0.2, 0.25) is 0 Å². The second kappa shape index (κ2) is 12.3. The summed E-state index contributed by atoms with van der Waals surface area (Å²) in [6.07, 6.45) is 3.60. The number of hydrogen-bond donors (Lipinski definition) is 1. The predicted octanol–water partition coefficient (Wildman–Crippen LogP) is 4.90. The fourth-order valence-electron chi connectivity index (χ4n) is 4.11. The van der Waals surface area contributed by atoms with Crippen molar-refractivity contribution in [1.82, 2.24) is 19.7 Å². The van der Waals surface area contributed by atoms with Gasteiger partial charge in [0, 0.05) is 43.9 Å². The lowest BCUT2D eigenvalue weighted by molar-refractivity contribution is -0.133. The molecule has 2 heterocycles. The monoisotopic (exact) mass is 492 g/mol. The van der Waals surface area contributed by atoms with Crippen LogP contribution >= 0.6 is 0 Å². The molecular weight excluding hydrogens is 464 g/mol. The Labute approximate surface area is 216 Å². The van der Waals surface area contributed by atoms with Crippen LogP contribution in [0.4, 0.5) is 5.82 Å². The Balaban J connectivity index is 1.52. The number of rotatable bonds is 10. The molecule has 0 bridgehead atoms. The summed E-state index contributed by atoms with van der Waals surface area (Å²) in [5, 5.41) is 16.7. The molecule has 0 aliphatic rings. The van der Waals surface area contributed by atoms with Gasteiger partial charge in [0.15, 0.2) is 0 Å². The number of benzene rings is 2. The molecule has 4 aromatic rings. The first-order valence-electron chi connectivity index (χ1n) is 12.1. The summed E-state index contributed by atoms with van der Waals surface area (Å²) in [6.45, 7) is 2.55. The smallest absolute Gasteiger partial charge is 0.226 e. The van der Waals surface area contributed by atoms with Crippen molar-refractivity contribution in [3.05, 3.63) is 96.4 Å². The molecule has 0 fully saturated rings. The van der Waals surface area contributed by atoms with Crippen molar-refractivity contribution in [3.63, 3.8) is 0 Å². The Morgan fingerprint density at radius 1 is 1.00 bits per heavy atom. The zero-order chi connectivity index (χ0) is 26.0. The first-order chi connectivity index (χ1) is 18.1. The fraction of sp³-hybridized carbons (Fsp3) is 0.207. The molecule has 0 saturated carbocycles. The molecule has 8 heteroatoms. The van der Waals surface area contributed by atoms with Crippen LogP contribution in [0.25, 0.3) is 16.8 Å². The van der Waals surface area contributed by atoms with Gasteiger partial charge in [-0.1, -0.05) is 54.6 Å². The number of amides is 2. The number of para-hydroxylation sites is 1. The fourth-order valence-corrected chi connectivity index (χ4v) is 4.11. The number of carbonyl (C=O) groups is 2. The van der Waals surface area contributed by atoms with Crippen molar-refractivity contribution in [3.8, 4) is 22.9 Å². The van der Waals surface area contributed by atoms with Gasteiger partial charge in [-0.15, -0.1) is 0 Å². The summed E-state index contributed by atoms with van der Waals surface area (Å²) in [6, 6.07) is 25.1. The Morgan fingerprint density at radius 3 is 2.41 bits per heavy atom. The molecule has 0 aliphatic heterocycles. The van der Waals surface area contributed by atoms with Crippen molar-refractivity contribution in [2.75, 3.05) is 11.9 Å². The van der Waals surface area contributed by atoms with E-state index in [1.165, 1.54) is 0 Å². The minimum absolute atomic E-state index is 0.00216. The van der Waals surface area contributed by atoms with Gasteiger partial charge in [-0.3, -0.25) is 14.6 Å². The van der Waals surface area contributed by atoms with E-state index in [0.29, 0.717) is 18.9 Å². The highest BCUT2D eigenvalue weighted by atomic mass is 16.2. The van der Waals surface area contributed by atoms with Gasteiger partial charge in [0.05, 0.1) is 23.9 Å². The molecule has 0 unspecified atom stereocenters. The molecule has 1 N–H and O–H groups in total. The quantitative estimate of drug-likeness (QED) is 0.339. The van der Waals surface area contributed by atoms with Gasteiger partial charge in [0.2, 0.25) is 11.8 Å². The maximum atomic E-state index is 13.1. The second-order valence-electron chi connectivity index (χ2n) is 8.56. The van der Waals surface area contributed by atoms with Crippen LogP contribution in [-0.4, -0.2) is 38.0 Å². The molecule has 8 nitrogen and oxygen atoms in total. The normalized spacial score (nSPS) is 10.5. The lowest BCUT2D eigenvalue weighted by Gasteiger charge is -2.21. The van der Waals surface area contributed by atoms with Crippen molar-refractivity contribution in [2.45, 2.75) is 32.7 Å². The number of nitrogens with zero attached hydrogens (tertiary/aromatic N) is 5. The number of pyridine rings is 1. The van der Waals surface area contributed by atoms with E-state index in [0.717, 1.165) is 28.1 Å². The third-order valence-electron chi connectivity index (χ3n) is 5.89. The standard InChI is InChI=1S/C29H28N6O2/c1-22-28(24-11-4-2-5-12-24)29(35(33-22)25-13-6-3-7-14-25)32-26(36)15-16-27(37)34(19-9-17-30)21-23-10-8-18-31-20-23/h2-8,10-14,18,20H,9,15-16,19,21H2,1H3,(H,32,36). The molecule has 37 heavy (non-hydrogen) atoms. The molecule has 0 radical (unpaired) electrons. The lowest BCUT2D eigenvalue weighted by atomic mass is 10.1. The van der Waals surface area contributed by atoms with E-state index >= 15 is 0 Å². The second-order valence-corrected chi connectivity index (χ2v) is 8.56. The Morgan fingerprint density at radius 2 is 1.73 bits per heavy atom. The van der Waals surface area contributed by atoms with Gasteiger partial charge < -0.3 is 10.2 Å². The molecule has 0 spiro atoms. The highest BCUT2D eigenvalue weighted by molar-refractivity contribution is 5.97. The van der Waals surface area contributed by atoms with E-state index in [-0.39, 0.29) is 31.1 Å². The van der Waals surface area contributed by atoms with E-state index in [2.05, 4.69) is 16.4 Å². The van der Waals surface area contributed by atoms with E-state index in [1.54, 1.807) is 28.0 Å². The predicted molar refractivity (Wildman–Crippen MR) is 141 cm³/mol. The number of aryl methyl sites for hydroxylation is 1. The molecule has 2 amide bonds. The molecule has 2 aromatic carbocycles. The highest BCUT2D eigenvalue weighted by Crippen LogP contribution is 2.33. The van der Waals surface area contributed by atoms with Crippen LogP contribution < -0.4 is 5.32 Å². The molecule has 0 aliphatic carbocycles. The molecular formula is C29H28N6O2. The topological polar surface area (TPSA) is 104 Å². The van der Waals surface area contributed by atoms with Crippen molar-refractivity contribution < 1.29 is 9.59 Å². The highest BCUT2D eigenvalue weighted by Gasteiger charge is 2.21. The Hall–Kier alpha value is -4.77. The molecule has 0 saturated heterocycles. The largest absolute Gasteiger partial charge is 0.337 e. The minimum atomic E-state index is -0.288. The van der Waals surface area contributed by atoms with Crippen molar-refractivity contribution >= 4 is 17.6 Å². The van der Waals surface area contributed by atoms with E-state index < -0.39 is 0 Å². The molecule has 4 rings (SSSR count).